The molecule has 0 fully saturated rings. The van der Waals surface area contributed by atoms with E-state index in [-0.39, 0.29) is 11.3 Å². The van der Waals surface area contributed by atoms with Crippen LogP contribution < -0.4 is 0 Å². The number of allylic oxidation sites excluding steroid dienone is 1. The van der Waals surface area contributed by atoms with Crippen molar-refractivity contribution in [2.75, 3.05) is 0 Å². The molecule has 10 aromatic rings. The number of rotatable bonds is 4. The van der Waals surface area contributed by atoms with E-state index in [1.165, 1.54) is 60.8 Å². The van der Waals surface area contributed by atoms with Crippen LogP contribution >= 0.6 is 0 Å². The highest BCUT2D eigenvalue weighted by Crippen LogP contribution is 2.41. The lowest BCUT2D eigenvalue weighted by Gasteiger charge is -2.20. The maximum absolute atomic E-state index is 6.26. The van der Waals surface area contributed by atoms with Crippen molar-refractivity contribution >= 4 is 60.9 Å². The van der Waals surface area contributed by atoms with Crippen LogP contribution in [0, 0.1) is 0 Å². The van der Waals surface area contributed by atoms with Crippen molar-refractivity contribution in [2.45, 2.75) is 38.5 Å². The number of hydrogen-bond donors (Lipinski definition) is 0. The average molecular weight is 711 g/mol. The Morgan fingerprint density at radius 1 is 0.618 bits per heavy atom. The van der Waals surface area contributed by atoms with Crippen LogP contribution in [-0.4, -0.2) is 19.1 Å². The van der Waals surface area contributed by atoms with Crippen molar-refractivity contribution in [3.05, 3.63) is 174 Å². The monoisotopic (exact) mass is 710 g/mol. The number of aromatic nitrogens is 4. The van der Waals surface area contributed by atoms with Gasteiger partial charge in [-0.2, -0.15) is 0 Å². The van der Waals surface area contributed by atoms with Gasteiger partial charge in [-0.15, -0.1) is 0 Å². The van der Waals surface area contributed by atoms with Crippen LogP contribution in [0.2, 0.25) is 0 Å². The van der Waals surface area contributed by atoms with Crippen LogP contribution in [0.15, 0.2) is 156 Å². The summed E-state index contributed by atoms with van der Waals surface area (Å²) >= 11 is 0. The Labute approximate surface area is 318 Å². The molecule has 6 aromatic carbocycles. The van der Waals surface area contributed by atoms with Crippen LogP contribution in [0.5, 0.6) is 0 Å². The second-order valence-corrected chi connectivity index (χ2v) is 15.9. The van der Waals surface area contributed by atoms with Gasteiger partial charge < -0.3 is 13.6 Å². The molecule has 55 heavy (non-hydrogen) atoms. The number of furan rings is 1. The topological polar surface area (TPSA) is 48.8 Å². The number of para-hydroxylation sites is 3. The van der Waals surface area contributed by atoms with Crippen LogP contribution in [0.3, 0.4) is 0 Å². The zero-order chi connectivity index (χ0) is 36.8. The van der Waals surface area contributed by atoms with E-state index in [4.69, 9.17) is 4.42 Å². The molecule has 0 radical (unpaired) electrons. The molecule has 0 spiro atoms. The fraction of sp³-hybridized carbons (Fsp3) is 0.120. The molecule has 0 saturated carbocycles. The molecular formula is C50H38N4O. The molecule has 1 unspecified atom stereocenters. The molecule has 11 rings (SSSR count). The molecule has 0 aliphatic heterocycles. The highest BCUT2D eigenvalue weighted by molar-refractivity contribution is 6.10. The predicted molar refractivity (Wildman–Crippen MR) is 227 cm³/mol. The minimum Gasteiger partial charge on any atom is -0.452 e. The van der Waals surface area contributed by atoms with E-state index in [1.54, 1.807) is 6.33 Å². The first kappa shape index (κ1) is 31.8. The lowest BCUT2D eigenvalue weighted by Crippen LogP contribution is -2.10. The number of hydrogen-bond acceptors (Lipinski definition) is 3. The third kappa shape index (κ3) is 4.93. The van der Waals surface area contributed by atoms with Gasteiger partial charge in [0.1, 0.15) is 23.1 Å². The zero-order valence-electron chi connectivity index (χ0n) is 31.0. The Hall–Kier alpha value is -6.72. The van der Waals surface area contributed by atoms with E-state index < -0.39 is 0 Å². The third-order valence-electron chi connectivity index (χ3n) is 11.6. The summed E-state index contributed by atoms with van der Waals surface area (Å²) in [7, 11) is 0. The molecule has 5 heteroatoms. The molecule has 0 saturated heterocycles. The molecule has 0 bridgehead atoms. The fourth-order valence-electron chi connectivity index (χ4n) is 8.83. The van der Waals surface area contributed by atoms with Gasteiger partial charge in [0.2, 0.25) is 0 Å². The standard InChI is InChI=1S/C50H38N4O/c1-50(2,3)34-20-24-36(25-21-34)54-43-14-8-5-11-38(43)41-29-33(19-27-45(41)54)32-18-26-44-40(28-32)37-10-4-7-13-42(37)53(44)35-22-16-31(17-23-35)47-49-48(52-30-51-47)39-12-6-9-15-46(39)55-49/h4-27,29-30,32H,28H2,1-3H3. The van der Waals surface area contributed by atoms with E-state index in [0.29, 0.717) is 5.58 Å². The Morgan fingerprint density at radius 3 is 2.05 bits per heavy atom. The SMILES string of the molecule is CC(C)(C)c1ccc(-n2c3ccccc3c3cc(C4C=Cc5c(c6ccccc6n5-c5ccc(-c6ncnc7c6oc6ccccc67)cc5)C4)ccc32)cc1. The van der Waals surface area contributed by atoms with Crippen LogP contribution in [0.25, 0.3) is 83.5 Å². The molecule has 1 atom stereocenters. The van der Waals surface area contributed by atoms with Gasteiger partial charge in [0.25, 0.3) is 0 Å². The summed E-state index contributed by atoms with van der Waals surface area (Å²) in [5.74, 6) is 0.260. The molecule has 1 aliphatic carbocycles. The van der Waals surface area contributed by atoms with Crippen LogP contribution in [0.1, 0.15) is 49.1 Å². The van der Waals surface area contributed by atoms with Crippen molar-refractivity contribution in [1.82, 2.24) is 19.1 Å². The Bertz CT molecular complexity index is 3150. The number of benzene rings is 6. The first-order valence-corrected chi connectivity index (χ1v) is 19.1. The molecule has 5 nitrogen and oxygen atoms in total. The van der Waals surface area contributed by atoms with Gasteiger partial charge >= 0.3 is 0 Å². The first-order chi connectivity index (χ1) is 26.9. The number of nitrogens with zero attached hydrogens (tertiary/aromatic N) is 4. The summed E-state index contributed by atoms with van der Waals surface area (Å²) in [5, 5.41) is 4.87. The molecule has 4 heterocycles. The Kier molecular flexibility index (Phi) is 6.87. The minimum atomic E-state index is 0.112. The largest absolute Gasteiger partial charge is 0.452 e. The summed E-state index contributed by atoms with van der Waals surface area (Å²) in [6.45, 7) is 6.80. The van der Waals surface area contributed by atoms with Crippen molar-refractivity contribution < 1.29 is 4.42 Å². The molecule has 1 aliphatic rings. The molecule has 264 valence electrons. The van der Waals surface area contributed by atoms with Crippen LogP contribution in [-0.2, 0) is 11.8 Å². The van der Waals surface area contributed by atoms with Crippen molar-refractivity contribution in [2.24, 2.45) is 0 Å². The lowest BCUT2D eigenvalue weighted by atomic mass is 9.86. The zero-order valence-corrected chi connectivity index (χ0v) is 31.0. The van der Waals surface area contributed by atoms with Crippen LogP contribution in [0.4, 0.5) is 0 Å². The fourth-order valence-corrected chi connectivity index (χ4v) is 8.83. The smallest absolute Gasteiger partial charge is 0.180 e. The van der Waals surface area contributed by atoms with Gasteiger partial charge in [0, 0.05) is 50.1 Å². The minimum absolute atomic E-state index is 0.112. The number of fused-ring (bicyclic) bond motifs is 9. The van der Waals surface area contributed by atoms with Crippen molar-refractivity contribution in [3.8, 4) is 22.6 Å². The highest BCUT2D eigenvalue weighted by atomic mass is 16.3. The van der Waals surface area contributed by atoms with E-state index in [0.717, 1.165) is 39.9 Å². The summed E-state index contributed by atoms with van der Waals surface area (Å²) in [6, 6.07) is 50.5. The second kappa shape index (κ2) is 11.9. The lowest BCUT2D eigenvalue weighted by molar-refractivity contribution is 0.590. The molecular weight excluding hydrogens is 673 g/mol. The average Bonchev–Trinajstić information content (AvgIpc) is 3.88. The maximum atomic E-state index is 6.26. The van der Waals surface area contributed by atoms with Gasteiger partial charge in [-0.1, -0.05) is 106 Å². The second-order valence-electron chi connectivity index (χ2n) is 15.9. The molecule has 0 N–H and O–H groups in total. The van der Waals surface area contributed by atoms with E-state index in [2.05, 4.69) is 167 Å². The van der Waals surface area contributed by atoms with E-state index in [1.807, 2.05) is 24.3 Å². The molecule has 0 amide bonds. The summed E-state index contributed by atoms with van der Waals surface area (Å²) in [6.07, 6.45) is 7.30. The Balaban J connectivity index is 0.968. The summed E-state index contributed by atoms with van der Waals surface area (Å²) < 4.78 is 11.1. The predicted octanol–water partition coefficient (Wildman–Crippen LogP) is 12.7. The summed E-state index contributed by atoms with van der Waals surface area (Å²) in [5.41, 5.74) is 15.6. The summed E-state index contributed by atoms with van der Waals surface area (Å²) in [4.78, 5) is 9.22. The maximum Gasteiger partial charge on any atom is 0.180 e. The van der Waals surface area contributed by atoms with Gasteiger partial charge in [-0.25, -0.2) is 9.97 Å². The van der Waals surface area contributed by atoms with E-state index >= 15 is 0 Å². The van der Waals surface area contributed by atoms with Gasteiger partial charge in [-0.3, -0.25) is 0 Å². The third-order valence-corrected chi connectivity index (χ3v) is 11.6. The van der Waals surface area contributed by atoms with Crippen molar-refractivity contribution in [1.29, 1.82) is 0 Å². The Morgan fingerprint density at radius 2 is 1.27 bits per heavy atom. The van der Waals surface area contributed by atoms with E-state index in [9.17, 15) is 0 Å². The van der Waals surface area contributed by atoms with Gasteiger partial charge in [0.05, 0.1) is 16.6 Å². The quantitative estimate of drug-likeness (QED) is 0.183. The van der Waals surface area contributed by atoms with Gasteiger partial charge in [0.15, 0.2) is 5.58 Å². The highest BCUT2D eigenvalue weighted by Gasteiger charge is 2.25. The van der Waals surface area contributed by atoms with Crippen molar-refractivity contribution in [3.63, 3.8) is 0 Å². The molecule has 4 aromatic heterocycles. The normalized spacial score (nSPS) is 14.5. The first-order valence-electron chi connectivity index (χ1n) is 19.1. The van der Waals surface area contributed by atoms with Gasteiger partial charge in [-0.05, 0) is 95.3 Å².